The molecule has 2 rings (SSSR count). The number of hydrogen-bond acceptors (Lipinski definition) is 2. The fourth-order valence-corrected chi connectivity index (χ4v) is 1.43. The Kier molecular flexibility index (Phi) is 2.02. The van der Waals surface area contributed by atoms with Gasteiger partial charge in [-0.25, -0.2) is 9.50 Å². The molecule has 0 atom stereocenters. The predicted octanol–water partition coefficient (Wildman–Crippen LogP) is 2.32. The summed E-state index contributed by atoms with van der Waals surface area (Å²) in [5, 5.41) is 4.40. The molecular weight excluding hydrogens is 174 g/mol. The van der Waals surface area contributed by atoms with Crippen molar-refractivity contribution in [2.24, 2.45) is 5.41 Å². The van der Waals surface area contributed by atoms with Crippen molar-refractivity contribution in [3.05, 3.63) is 30.2 Å². The maximum absolute atomic E-state index is 4.45. The molecule has 0 aliphatic rings. The molecular formula is C11H15N3. The van der Waals surface area contributed by atoms with E-state index in [9.17, 15) is 0 Å². The van der Waals surface area contributed by atoms with E-state index in [0.717, 1.165) is 17.9 Å². The summed E-state index contributed by atoms with van der Waals surface area (Å²) in [6.45, 7) is 6.58. The molecule has 3 nitrogen and oxygen atoms in total. The Morgan fingerprint density at radius 1 is 1.29 bits per heavy atom. The molecule has 0 aromatic carbocycles. The van der Waals surface area contributed by atoms with Gasteiger partial charge in [0.2, 0.25) is 0 Å². The second-order valence-corrected chi connectivity index (χ2v) is 4.77. The zero-order valence-electron chi connectivity index (χ0n) is 8.86. The molecule has 3 heteroatoms. The van der Waals surface area contributed by atoms with Gasteiger partial charge in [-0.3, -0.25) is 0 Å². The molecule has 14 heavy (non-hydrogen) atoms. The number of rotatable bonds is 1. The van der Waals surface area contributed by atoms with Gasteiger partial charge in [0.05, 0.1) is 0 Å². The molecule has 0 aliphatic heterocycles. The van der Waals surface area contributed by atoms with Crippen LogP contribution >= 0.6 is 0 Å². The maximum atomic E-state index is 4.45. The SMILES string of the molecule is CC(C)(C)Cc1nc2ccccn2n1. The molecule has 2 aromatic rings. The minimum atomic E-state index is 0.241. The van der Waals surface area contributed by atoms with E-state index >= 15 is 0 Å². The molecule has 0 amide bonds. The van der Waals surface area contributed by atoms with E-state index in [1.165, 1.54) is 0 Å². The van der Waals surface area contributed by atoms with Crippen LogP contribution in [-0.2, 0) is 6.42 Å². The summed E-state index contributed by atoms with van der Waals surface area (Å²) >= 11 is 0. The Hall–Kier alpha value is -1.38. The van der Waals surface area contributed by atoms with E-state index in [4.69, 9.17) is 0 Å². The summed E-state index contributed by atoms with van der Waals surface area (Å²) in [6.07, 6.45) is 2.84. The van der Waals surface area contributed by atoms with Crippen molar-refractivity contribution in [1.29, 1.82) is 0 Å². The molecule has 2 aromatic heterocycles. The number of aromatic nitrogens is 3. The van der Waals surface area contributed by atoms with Crippen LogP contribution in [0.2, 0.25) is 0 Å². The third kappa shape index (κ3) is 1.92. The summed E-state index contributed by atoms with van der Waals surface area (Å²) in [5.74, 6) is 0.920. The van der Waals surface area contributed by atoms with Crippen molar-refractivity contribution >= 4 is 5.65 Å². The molecule has 0 unspecified atom stereocenters. The Balaban J connectivity index is 2.36. The summed E-state index contributed by atoms with van der Waals surface area (Å²) in [6, 6.07) is 5.91. The van der Waals surface area contributed by atoms with Gasteiger partial charge >= 0.3 is 0 Å². The van der Waals surface area contributed by atoms with Crippen molar-refractivity contribution in [3.63, 3.8) is 0 Å². The van der Waals surface area contributed by atoms with Crippen molar-refractivity contribution < 1.29 is 0 Å². The molecule has 74 valence electrons. The molecule has 0 radical (unpaired) electrons. The largest absolute Gasteiger partial charge is 0.221 e. The van der Waals surface area contributed by atoms with E-state index in [2.05, 4.69) is 30.9 Å². The van der Waals surface area contributed by atoms with E-state index in [0.29, 0.717) is 0 Å². The van der Waals surface area contributed by atoms with Crippen LogP contribution < -0.4 is 0 Å². The first-order valence-corrected chi connectivity index (χ1v) is 4.85. The van der Waals surface area contributed by atoms with Crippen LogP contribution in [0, 0.1) is 5.41 Å². The topological polar surface area (TPSA) is 30.2 Å². The first-order chi connectivity index (χ1) is 6.54. The smallest absolute Gasteiger partial charge is 0.155 e. The zero-order valence-corrected chi connectivity index (χ0v) is 8.86. The highest BCUT2D eigenvalue weighted by atomic mass is 15.3. The second-order valence-electron chi connectivity index (χ2n) is 4.77. The van der Waals surface area contributed by atoms with E-state index in [1.54, 1.807) is 0 Å². The molecule has 0 spiro atoms. The van der Waals surface area contributed by atoms with E-state index in [1.807, 2.05) is 28.9 Å². The molecule has 0 saturated carbocycles. The fourth-order valence-electron chi connectivity index (χ4n) is 1.43. The van der Waals surface area contributed by atoms with Gasteiger partial charge in [0.15, 0.2) is 11.5 Å². The van der Waals surface area contributed by atoms with Gasteiger partial charge in [-0.05, 0) is 17.5 Å². The van der Waals surface area contributed by atoms with Crippen LogP contribution in [0.25, 0.3) is 5.65 Å². The Morgan fingerprint density at radius 2 is 2.07 bits per heavy atom. The highest BCUT2D eigenvalue weighted by Crippen LogP contribution is 2.18. The fraction of sp³-hybridized carbons (Fsp3) is 0.455. The van der Waals surface area contributed by atoms with Crippen LogP contribution in [0.4, 0.5) is 0 Å². The Morgan fingerprint density at radius 3 is 2.71 bits per heavy atom. The first kappa shape index (κ1) is 9.19. The summed E-state index contributed by atoms with van der Waals surface area (Å²) in [5.41, 5.74) is 1.16. The minimum absolute atomic E-state index is 0.241. The lowest BCUT2D eigenvalue weighted by atomic mass is 9.92. The average molecular weight is 189 g/mol. The van der Waals surface area contributed by atoms with Crippen molar-refractivity contribution in [3.8, 4) is 0 Å². The predicted molar refractivity (Wildman–Crippen MR) is 56.1 cm³/mol. The number of fused-ring (bicyclic) bond motifs is 1. The highest BCUT2D eigenvalue weighted by Gasteiger charge is 2.14. The van der Waals surface area contributed by atoms with Gasteiger partial charge in [-0.1, -0.05) is 26.8 Å². The molecule has 0 bridgehead atoms. The maximum Gasteiger partial charge on any atom is 0.155 e. The molecule has 2 heterocycles. The minimum Gasteiger partial charge on any atom is -0.221 e. The molecule has 0 saturated heterocycles. The summed E-state index contributed by atoms with van der Waals surface area (Å²) < 4.78 is 1.82. The third-order valence-electron chi connectivity index (χ3n) is 1.97. The van der Waals surface area contributed by atoms with Crippen molar-refractivity contribution in [2.45, 2.75) is 27.2 Å². The van der Waals surface area contributed by atoms with Crippen molar-refractivity contribution in [1.82, 2.24) is 14.6 Å². The van der Waals surface area contributed by atoms with Gasteiger partial charge < -0.3 is 0 Å². The third-order valence-corrected chi connectivity index (χ3v) is 1.97. The quantitative estimate of drug-likeness (QED) is 0.689. The monoisotopic (exact) mass is 189 g/mol. The Bertz CT molecular complexity index is 404. The van der Waals surface area contributed by atoms with Gasteiger partial charge in [-0.15, -0.1) is 0 Å². The lowest BCUT2D eigenvalue weighted by Crippen LogP contribution is -2.10. The van der Waals surface area contributed by atoms with Crippen LogP contribution in [0.5, 0.6) is 0 Å². The number of pyridine rings is 1. The molecule has 0 N–H and O–H groups in total. The van der Waals surface area contributed by atoms with E-state index < -0.39 is 0 Å². The zero-order chi connectivity index (χ0) is 10.2. The standard InChI is InChI=1S/C11H15N3/c1-11(2,3)8-9-12-10-6-4-5-7-14(10)13-9/h4-7H,8H2,1-3H3. The van der Waals surface area contributed by atoms with Gasteiger partial charge in [0.25, 0.3) is 0 Å². The van der Waals surface area contributed by atoms with Crippen LogP contribution in [0.1, 0.15) is 26.6 Å². The van der Waals surface area contributed by atoms with Gasteiger partial charge in [-0.2, -0.15) is 5.10 Å². The number of nitrogens with zero attached hydrogens (tertiary/aromatic N) is 3. The average Bonchev–Trinajstić information content (AvgIpc) is 2.42. The number of hydrogen-bond donors (Lipinski definition) is 0. The summed E-state index contributed by atoms with van der Waals surface area (Å²) in [4.78, 5) is 4.45. The molecule has 0 fully saturated rings. The second kappa shape index (κ2) is 3.08. The van der Waals surface area contributed by atoms with Gasteiger partial charge in [0.1, 0.15) is 0 Å². The van der Waals surface area contributed by atoms with Crippen molar-refractivity contribution in [2.75, 3.05) is 0 Å². The van der Waals surface area contributed by atoms with Crippen LogP contribution in [0.15, 0.2) is 24.4 Å². The summed E-state index contributed by atoms with van der Waals surface area (Å²) in [7, 11) is 0. The van der Waals surface area contributed by atoms with E-state index in [-0.39, 0.29) is 5.41 Å². The van der Waals surface area contributed by atoms with Crippen LogP contribution in [0.3, 0.4) is 0 Å². The van der Waals surface area contributed by atoms with Crippen LogP contribution in [-0.4, -0.2) is 14.6 Å². The highest BCUT2D eigenvalue weighted by molar-refractivity contribution is 5.36. The lowest BCUT2D eigenvalue weighted by molar-refractivity contribution is 0.401. The molecule has 0 aliphatic carbocycles. The normalized spacial score (nSPS) is 12.2. The Labute approximate surface area is 83.8 Å². The first-order valence-electron chi connectivity index (χ1n) is 4.85. The van der Waals surface area contributed by atoms with Gasteiger partial charge in [0, 0.05) is 12.6 Å². The lowest BCUT2D eigenvalue weighted by Gasteiger charge is -2.14.